The molecule has 3 heterocycles. The third-order valence-corrected chi connectivity index (χ3v) is 2.14. The maximum Gasteiger partial charge on any atom is 0.250 e. The second-order valence-corrected chi connectivity index (χ2v) is 3.41. The molecule has 0 radical (unpaired) electrons. The Balaban J connectivity index is 0.000000151. The van der Waals surface area contributed by atoms with Crippen LogP contribution in [-0.2, 0) is 0 Å². The minimum absolute atomic E-state index is 0.306. The molecule has 3 aromatic rings. The summed E-state index contributed by atoms with van der Waals surface area (Å²) in [5, 5.41) is 0. The molecule has 0 aliphatic heterocycles. The average Bonchev–Trinajstić information content (AvgIpc) is 2.84. The maximum atomic E-state index is 10.4. The topological polar surface area (TPSA) is 136 Å². The molecule has 0 unspecified atom stereocenters. The molecule has 0 aliphatic carbocycles. The van der Waals surface area contributed by atoms with Crippen molar-refractivity contribution in [2.24, 2.45) is 5.73 Å². The van der Waals surface area contributed by atoms with Gasteiger partial charge in [0, 0.05) is 12.4 Å². The fourth-order valence-electron chi connectivity index (χ4n) is 1.25. The minimum atomic E-state index is -0.442. The predicted molar refractivity (Wildman–Crippen MR) is 68.9 cm³/mol. The van der Waals surface area contributed by atoms with Crippen LogP contribution in [0.2, 0.25) is 1.41 Å². The third kappa shape index (κ3) is 3.00. The number of fused-ring (bicyclic) bond motifs is 1. The predicted octanol–water partition coefficient (Wildman–Crippen LogP) is 0.116. The van der Waals surface area contributed by atoms with Crippen molar-refractivity contribution in [2.75, 3.05) is 5.73 Å². The first-order valence-electron chi connectivity index (χ1n) is 5.67. The summed E-state index contributed by atoms with van der Waals surface area (Å²) < 4.78 is 7.25. The first kappa shape index (κ1) is 11.1. The van der Waals surface area contributed by atoms with Gasteiger partial charge in [-0.05, 0) is 12.1 Å². The number of hydrogen-bond acceptors (Lipinski definition) is 6. The zero-order valence-corrected chi connectivity index (χ0v) is 9.76. The summed E-state index contributed by atoms with van der Waals surface area (Å²) in [6.45, 7) is 0. The van der Waals surface area contributed by atoms with Crippen molar-refractivity contribution in [3.8, 4) is 0 Å². The summed E-state index contributed by atoms with van der Waals surface area (Å²) >= 11 is 0. The molecule has 5 N–H and O–H groups in total. The molecular weight excluding hydrogens is 246 g/mol. The fourth-order valence-corrected chi connectivity index (χ4v) is 1.25. The van der Waals surface area contributed by atoms with Gasteiger partial charge < -0.3 is 16.4 Å². The van der Waals surface area contributed by atoms with Gasteiger partial charge in [0.15, 0.2) is 12.9 Å². The number of nitrogens with two attached hydrogens (primary N) is 2. The van der Waals surface area contributed by atoms with E-state index in [0.717, 1.165) is 4.98 Å². The largest absolute Gasteiger partial charge is 0.382 e. The van der Waals surface area contributed by atoms with Crippen molar-refractivity contribution in [3.05, 3.63) is 42.7 Å². The van der Waals surface area contributed by atoms with Crippen LogP contribution in [0.3, 0.4) is 0 Å². The van der Waals surface area contributed by atoms with E-state index in [-0.39, 0.29) is 0 Å². The van der Waals surface area contributed by atoms with Gasteiger partial charge in [0.05, 0.1) is 11.9 Å². The number of anilines is 1. The third-order valence-electron chi connectivity index (χ3n) is 2.14. The molecule has 0 atom stereocenters. The van der Waals surface area contributed by atoms with Gasteiger partial charge in [0.2, 0.25) is 5.91 Å². The van der Waals surface area contributed by atoms with Crippen molar-refractivity contribution in [2.45, 2.75) is 0 Å². The zero-order valence-electron chi connectivity index (χ0n) is 10.8. The number of nitrogens with one attached hydrogen (secondary N) is 1. The molecule has 1 amide bonds. The lowest BCUT2D eigenvalue weighted by atomic mass is 10.3. The van der Waals surface area contributed by atoms with E-state index < -0.39 is 5.91 Å². The van der Waals surface area contributed by atoms with Crippen LogP contribution in [0.5, 0.6) is 0 Å². The van der Waals surface area contributed by atoms with Gasteiger partial charge in [-0.3, -0.25) is 9.78 Å². The van der Waals surface area contributed by atoms with Crippen LogP contribution < -0.4 is 11.5 Å². The summed E-state index contributed by atoms with van der Waals surface area (Å²) in [6, 6.07) is 3.29. The summed E-state index contributed by atoms with van der Waals surface area (Å²) in [5.74, 6) is -0.135. The Morgan fingerprint density at radius 1 is 1.37 bits per heavy atom. The molecule has 19 heavy (non-hydrogen) atoms. The van der Waals surface area contributed by atoms with Crippen LogP contribution in [0.25, 0.3) is 11.2 Å². The highest BCUT2D eigenvalue weighted by Crippen LogP contribution is 2.09. The van der Waals surface area contributed by atoms with Gasteiger partial charge in [-0.15, -0.1) is 0 Å². The Labute approximate surface area is 109 Å². The number of amides is 1. The lowest BCUT2D eigenvalue weighted by Crippen LogP contribution is -2.10. The first-order chi connectivity index (χ1) is 9.59. The molecule has 3 rings (SSSR count). The second kappa shape index (κ2) is 5.54. The van der Waals surface area contributed by atoms with E-state index in [4.69, 9.17) is 12.9 Å². The smallest absolute Gasteiger partial charge is 0.250 e. The number of H-pyrrole nitrogens is 1. The standard InChI is InChI=1S/C6H6N2O.C5H5N5/c7-6(9)5-2-1-3-8-4-5;6-4-3-5(9-1-7-3)10-2-8-4/h1-4H,(H2,7,9);1-2H,(H3,6,7,8,9,10)/i/hD. The average molecular weight is 258 g/mol. The van der Waals surface area contributed by atoms with Crippen LogP contribution in [0.15, 0.2) is 37.2 Å². The number of pyridine rings is 1. The van der Waals surface area contributed by atoms with Crippen LogP contribution >= 0.6 is 0 Å². The van der Waals surface area contributed by atoms with Crippen molar-refractivity contribution < 1.29 is 6.21 Å². The number of hydrogen-bond donors (Lipinski definition) is 3. The number of nitrogen functional groups attached to an aromatic ring is 1. The molecule has 8 nitrogen and oxygen atoms in total. The molecular formula is C11H11N7O. The van der Waals surface area contributed by atoms with Crippen molar-refractivity contribution >= 4 is 22.9 Å². The number of primary amides is 1. The fraction of sp³-hybridized carbons (Fsp3) is 0. The van der Waals surface area contributed by atoms with Gasteiger partial charge in [-0.1, -0.05) is 0 Å². The molecule has 0 fully saturated rings. The molecule has 0 saturated carbocycles. The number of carbonyl (C=O) groups is 1. The van der Waals surface area contributed by atoms with E-state index in [1.165, 1.54) is 18.9 Å². The van der Waals surface area contributed by atoms with E-state index >= 15 is 0 Å². The summed E-state index contributed by atoms with van der Waals surface area (Å²) in [5.41, 5.74) is 11.7. The van der Waals surface area contributed by atoms with Gasteiger partial charge in [0.25, 0.3) is 0 Å². The lowest BCUT2D eigenvalue weighted by molar-refractivity contribution is 0.1000. The first-order valence-corrected chi connectivity index (χ1v) is 5.22. The Bertz CT molecular complexity index is 728. The lowest BCUT2D eigenvalue weighted by Gasteiger charge is -1.88. The van der Waals surface area contributed by atoms with Gasteiger partial charge in [-0.25, -0.2) is 15.0 Å². The minimum Gasteiger partial charge on any atom is -0.382 e. The molecule has 0 aliphatic rings. The SMILES string of the molecule is NC(=O)c1cccnc1.[2H]n1cnc2c(N)ncnc21. The number of carbonyl (C=O) groups excluding carboxylic acids is 1. The van der Waals surface area contributed by atoms with E-state index in [9.17, 15) is 4.79 Å². The summed E-state index contributed by atoms with van der Waals surface area (Å²) in [6.07, 6.45) is 5.66. The van der Waals surface area contributed by atoms with E-state index in [0.29, 0.717) is 22.5 Å². The summed E-state index contributed by atoms with van der Waals surface area (Å²) in [7, 11) is 0. The second-order valence-electron chi connectivity index (χ2n) is 3.41. The monoisotopic (exact) mass is 258 g/mol. The van der Waals surface area contributed by atoms with Crippen molar-refractivity contribution in [1.82, 2.24) is 24.9 Å². The van der Waals surface area contributed by atoms with Crippen LogP contribution in [0.1, 0.15) is 10.4 Å². The van der Waals surface area contributed by atoms with Gasteiger partial charge >= 0.3 is 0 Å². The van der Waals surface area contributed by atoms with Crippen molar-refractivity contribution in [1.29, 1.82) is 0 Å². The Hall–Kier alpha value is -3.03. The number of imidazole rings is 1. The molecule has 0 bridgehead atoms. The van der Waals surface area contributed by atoms with Crippen molar-refractivity contribution in [3.63, 3.8) is 0 Å². The molecule has 3 aromatic heterocycles. The number of rotatable bonds is 1. The van der Waals surface area contributed by atoms with Crippen LogP contribution in [0, 0.1) is 0 Å². The highest BCUT2D eigenvalue weighted by Gasteiger charge is 1.99. The molecule has 0 saturated heterocycles. The quantitative estimate of drug-likeness (QED) is 0.566. The molecule has 96 valence electrons. The molecule has 0 aromatic carbocycles. The highest BCUT2D eigenvalue weighted by molar-refractivity contribution is 5.92. The van der Waals surface area contributed by atoms with E-state index in [1.807, 2.05) is 0 Å². The van der Waals surface area contributed by atoms with Crippen LogP contribution in [-0.4, -0.2) is 30.8 Å². The van der Waals surface area contributed by atoms with Gasteiger partial charge in [0.1, 0.15) is 11.8 Å². The Morgan fingerprint density at radius 2 is 2.21 bits per heavy atom. The van der Waals surface area contributed by atoms with E-state index in [1.54, 1.807) is 18.3 Å². The van der Waals surface area contributed by atoms with E-state index in [2.05, 4.69) is 19.9 Å². The highest BCUT2D eigenvalue weighted by atomic mass is 16.1. The normalized spacial score (nSPS) is 10.4. The summed E-state index contributed by atoms with van der Waals surface area (Å²) in [4.78, 5) is 26.5. The molecule has 0 spiro atoms. The Kier molecular flexibility index (Phi) is 3.23. The molecule has 8 heteroatoms. The maximum absolute atomic E-state index is 10.4. The number of aromatic nitrogens is 5. The van der Waals surface area contributed by atoms with Crippen LogP contribution in [0.4, 0.5) is 5.82 Å². The number of aromatic amines is 1. The van der Waals surface area contributed by atoms with Gasteiger partial charge in [-0.2, -0.15) is 0 Å². The zero-order chi connectivity index (χ0) is 14.5. The number of nitrogens with zero attached hydrogens (tertiary/aromatic N) is 4. The Morgan fingerprint density at radius 3 is 2.79 bits per heavy atom.